The molecule has 2 bridgehead atoms. The van der Waals surface area contributed by atoms with Crippen molar-refractivity contribution >= 4 is 11.9 Å². The van der Waals surface area contributed by atoms with Crippen LogP contribution in [0.1, 0.15) is 65.7 Å². The van der Waals surface area contributed by atoms with Gasteiger partial charge in [0.1, 0.15) is 6.10 Å². The summed E-state index contributed by atoms with van der Waals surface area (Å²) in [6.45, 7) is 9.33. The lowest BCUT2D eigenvalue weighted by molar-refractivity contribution is -0.169. The fourth-order valence-electron chi connectivity index (χ4n) is 4.34. The van der Waals surface area contributed by atoms with E-state index in [0.29, 0.717) is 17.8 Å². The maximum absolute atomic E-state index is 12.4. The highest BCUT2D eigenvalue weighted by atomic mass is 16.5. The van der Waals surface area contributed by atoms with E-state index in [1.807, 2.05) is 26.8 Å². The Morgan fingerprint density at radius 1 is 1.29 bits per heavy atom. The average molecular weight is 336 g/mol. The van der Waals surface area contributed by atoms with Gasteiger partial charge >= 0.3 is 11.9 Å². The first-order chi connectivity index (χ1) is 11.2. The lowest BCUT2D eigenvalue weighted by atomic mass is 9.58. The van der Waals surface area contributed by atoms with Crippen LogP contribution in [-0.4, -0.2) is 23.1 Å². The zero-order chi connectivity index (χ0) is 17.9. The molecule has 3 fully saturated rings. The lowest BCUT2D eigenvalue weighted by Gasteiger charge is -2.50. The number of carboxylic acid groups (broad SMARTS) is 1. The summed E-state index contributed by atoms with van der Waals surface area (Å²) in [5.74, 6) is -0.157. The smallest absolute Gasteiger partial charge is 0.307 e. The van der Waals surface area contributed by atoms with E-state index < -0.39 is 17.3 Å². The molecule has 1 N–H and O–H groups in total. The molecule has 0 aromatic carbocycles. The molecule has 0 spiro atoms. The first-order valence-corrected chi connectivity index (χ1v) is 9.25. The number of carbonyl (C=O) groups excluding carboxylic acids is 1. The van der Waals surface area contributed by atoms with Gasteiger partial charge in [0.25, 0.3) is 0 Å². The molecule has 3 atom stereocenters. The van der Waals surface area contributed by atoms with Crippen LogP contribution in [0.4, 0.5) is 0 Å². The third-order valence-electron chi connectivity index (χ3n) is 5.86. The fraction of sp³-hybridized carbons (Fsp3) is 0.800. The fourth-order valence-corrected chi connectivity index (χ4v) is 4.34. The monoisotopic (exact) mass is 336 g/mol. The van der Waals surface area contributed by atoms with Gasteiger partial charge < -0.3 is 9.84 Å². The van der Waals surface area contributed by atoms with E-state index in [1.165, 1.54) is 12.8 Å². The van der Waals surface area contributed by atoms with Gasteiger partial charge in [-0.25, -0.2) is 0 Å². The number of carboxylic acids is 1. The van der Waals surface area contributed by atoms with Crippen LogP contribution in [0, 0.1) is 29.1 Å². The Kier molecular flexibility index (Phi) is 6.11. The predicted molar refractivity (Wildman–Crippen MR) is 93.4 cm³/mol. The number of hydrogen-bond acceptors (Lipinski definition) is 3. The van der Waals surface area contributed by atoms with Crippen molar-refractivity contribution in [3.63, 3.8) is 0 Å². The zero-order valence-corrected chi connectivity index (χ0v) is 15.3. The van der Waals surface area contributed by atoms with Crippen molar-refractivity contribution in [2.24, 2.45) is 29.1 Å². The van der Waals surface area contributed by atoms with E-state index in [0.717, 1.165) is 25.7 Å². The number of unbranched alkanes of at least 4 members (excludes halogenated alkanes) is 1. The highest BCUT2D eigenvalue weighted by molar-refractivity contribution is 5.79. The van der Waals surface area contributed by atoms with E-state index in [4.69, 9.17) is 4.74 Å². The summed E-state index contributed by atoms with van der Waals surface area (Å²) < 4.78 is 5.78. The van der Waals surface area contributed by atoms with Gasteiger partial charge in [0.2, 0.25) is 0 Å². The Labute approximate surface area is 145 Å². The molecular weight excluding hydrogens is 304 g/mol. The molecule has 3 rings (SSSR count). The molecule has 0 aromatic heterocycles. The topological polar surface area (TPSA) is 63.6 Å². The molecule has 3 aliphatic rings. The van der Waals surface area contributed by atoms with Crippen LogP contribution in [0.25, 0.3) is 0 Å². The van der Waals surface area contributed by atoms with Gasteiger partial charge in [-0.2, -0.15) is 0 Å². The Balaban J connectivity index is 1.93. The number of allylic oxidation sites excluding steroid dienone is 1. The van der Waals surface area contributed by atoms with Crippen LogP contribution in [0.2, 0.25) is 0 Å². The maximum atomic E-state index is 12.4. The van der Waals surface area contributed by atoms with Gasteiger partial charge in [-0.3, -0.25) is 9.59 Å². The molecule has 3 saturated carbocycles. The van der Waals surface area contributed by atoms with E-state index in [-0.39, 0.29) is 18.5 Å². The van der Waals surface area contributed by atoms with E-state index in [1.54, 1.807) is 0 Å². The minimum Gasteiger partial charge on any atom is -0.481 e. The number of ether oxygens (including phenoxy) is 1. The highest BCUT2D eigenvalue weighted by Crippen LogP contribution is 2.51. The van der Waals surface area contributed by atoms with E-state index >= 15 is 0 Å². The quantitative estimate of drug-likeness (QED) is 0.404. The maximum Gasteiger partial charge on any atom is 0.307 e. The molecule has 0 aliphatic heterocycles. The van der Waals surface area contributed by atoms with E-state index in [9.17, 15) is 14.7 Å². The summed E-state index contributed by atoms with van der Waals surface area (Å²) in [5, 5.41) is 9.39. The first-order valence-electron chi connectivity index (χ1n) is 9.25. The number of fused-ring (bicyclic) bond motifs is 2. The van der Waals surface area contributed by atoms with Crippen molar-refractivity contribution < 1.29 is 19.4 Å². The number of rotatable bonds is 8. The molecule has 0 heterocycles. The summed E-state index contributed by atoms with van der Waals surface area (Å²) in [6.07, 6.45) is 8.53. The van der Waals surface area contributed by atoms with Crippen LogP contribution >= 0.6 is 0 Å². The molecular formula is C20H32O4. The number of aliphatic carboxylic acids is 1. The normalized spacial score (nSPS) is 30.1. The molecule has 3 aliphatic carbocycles. The molecule has 24 heavy (non-hydrogen) atoms. The van der Waals surface area contributed by atoms with E-state index in [2.05, 4.69) is 6.58 Å². The molecule has 0 amide bonds. The van der Waals surface area contributed by atoms with Crippen molar-refractivity contribution in [1.82, 2.24) is 0 Å². The number of hydrogen-bond donors (Lipinski definition) is 1. The van der Waals surface area contributed by atoms with Crippen LogP contribution in [0.15, 0.2) is 12.7 Å². The van der Waals surface area contributed by atoms with Crippen LogP contribution < -0.4 is 0 Å². The number of esters is 1. The first kappa shape index (κ1) is 19.0. The van der Waals surface area contributed by atoms with Gasteiger partial charge in [0.05, 0.1) is 12.3 Å². The Morgan fingerprint density at radius 3 is 2.50 bits per heavy atom. The minimum atomic E-state index is -0.923. The third-order valence-corrected chi connectivity index (χ3v) is 5.86. The summed E-state index contributed by atoms with van der Waals surface area (Å²) in [5.41, 5.74) is -0.455. The molecule has 136 valence electrons. The van der Waals surface area contributed by atoms with Gasteiger partial charge in [0, 0.05) is 0 Å². The highest BCUT2D eigenvalue weighted by Gasteiger charge is 2.47. The van der Waals surface area contributed by atoms with Crippen LogP contribution in [0.5, 0.6) is 0 Å². The van der Waals surface area contributed by atoms with Crippen molar-refractivity contribution in [1.29, 1.82) is 0 Å². The molecule has 0 radical (unpaired) electrons. The Hall–Kier alpha value is -1.32. The molecule has 0 aromatic rings. The second-order valence-electron chi connectivity index (χ2n) is 8.71. The Morgan fingerprint density at radius 2 is 1.96 bits per heavy atom. The van der Waals surface area contributed by atoms with Gasteiger partial charge in [-0.15, -0.1) is 6.58 Å². The second kappa shape index (κ2) is 7.71. The third kappa shape index (κ3) is 4.61. The molecule has 4 heteroatoms. The zero-order valence-electron chi connectivity index (χ0n) is 15.3. The largest absolute Gasteiger partial charge is 0.481 e. The number of carbonyl (C=O) groups is 2. The minimum absolute atomic E-state index is 0.0192. The van der Waals surface area contributed by atoms with Gasteiger partial charge in [-0.05, 0) is 61.7 Å². The van der Waals surface area contributed by atoms with Crippen molar-refractivity contribution in [3.8, 4) is 0 Å². The summed E-state index contributed by atoms with van der Waals surface area (Å²) in [6, 6.07) is 0. The Bertz CT molecular complexity index is 471. The standard InChI is InChI=1S/C20H32O4/c1-5-6-7-8-15-14-9-13(10-14)11-17(15)24-18(21)12-16(19(22)23)20(2,3)4/h5,13-17H,1,6-12H2,2-4H3,(H,22,23)/t13?,14?,15-,16-,17-/m1/s1. The van der Waals surface area contributed by atoms with Crippen LogP contribution in [-0.2, 0) is 14.3 Å². The average Bonchev–Trinajstić information content (AvgIpc) is 2.43. The lowest BCUT2D eigenvalue weighted by Crippen LogP contribution is -2.47. The van der Waals surface area contributed by atoms with Gasteiger partial charge in [-0.1, -0.05) is 26.8 Å². The molecule has 0 saturated heterocycles. The van der Waals surface area contributed by atoms with Crippen molar-refractivity contribution in [2.45, 2.75) is 71.8 Å². The summed E-state index contributed by atoms with van der Waals surface area (Å²) in [4.78, 5) is 23.8. The van der Waals surface area contributed by atoms with Crippen molar-refractivity contribution in [2.75, 3.05) is 0 Å². The summed E-state index contributed by atoms with van der Waals surface area (Å²) in [7, 11) is 0. The van der Waals surface area contributed by atoms with Gasteiger partial charge in [0.15, 0.2) is 0 Å². The SMILES string of the molecule is C=CCCC[C@@H]1C2CC(C2)C[C@H]1OC(=O)C[C@H](C(=O)O)C(C)(C)C. The summed E-state index contributed by atoms with van der Waals surface area (Å²) >= 11 is 0. The second-order valence-corrected chi connectivity index (χ2v) is 8.71. The predicted octanol–water partition coefficient (Wildman–Crippen LogP) is 4.44. The molecule has 4 nitrogen and oxygen atoms in total. The van der Waals surface area contributed by atoms with Crippen LogP contribution in [0.3, 0.4) is 0 Å². The molecule has 0 unspecified atom stereocenters. The van der Waals surface area contributed by atoms with Crippen molar-refractivity contribution in [3.05, 3.63) is 12.7 Å².